The van der Waals surface area contributed by atoms with Crippen LogP contribution in [0.5, 0.6) is 5.88 Å². The third kappa shape index (κ3) is 7.15. The molecule has 0 spiro atoms. The minimum absolute atomic E-state index is 0.0717. The molecule has 2 heterocycles. The summed E-state index contributed by atoms with van der Waals surface area (Å²) in [5, 5.41) is 2.65. The molecule has 1 saturated carbocycles. The van der Waals surface area contributed by atoms with E-state index in [2.05, 4.69) is 28.4 Å². The highest BCUT2D eigenvalue weighted by Crippen LogP contribution is 2.37. The number of carbonyl (C=O) groups is 3. The van der Waals surface area contributed by atoms with Crippen LogP contribution < -0.4 is 10.1 Å². The van der Waals surface area contributed by atoms with Crippen LogP contribution in [0.3, 0.4) is 0 Å². The lowest BCUT2D eigenvalue weighted by molar-refractivity contribution is -0.152. The largest absolute Gasteiger partial charge is 0.471 e. The van der Waals surface area contributed by atoms with Crippen LogP contribution in [-0.4, -0.2) is 83.5 Å². The summed E-state index contributed by atoms with van der Waals surface area (Å²) in [6, 6.07) is 4.24. The summed E-state index contributed by atoms with van der Waals surface area (Å²) in [4.78, 5) is 49.3. The van der Waals surface area contributed by atoms with Gasteiger partial charge in [0.25, 0.3) is 0 Å². The zero-order valence-corrected chi connectivity index (χ0v) is 25.3. The predicted molar refractivity (Wildman–Crippen MR) is 156 cm³/mol. The van der Waals surface area contributed by atoms with E-state index in [9.17, 15) is 23.2 Å². The van der Waals surface area contributed by atoms with Gasteiger partial charge in [0.1, 0.15) is 24.3 Å². The number of ether oxygens (including phenoxy) is 4. The molecule has 2 amide bonds. The maximum Gasteiger partial charge on any atom is 0.408 e. The van der Waals surface area contributed by atoms with Crippen molar-refractivity contribution in [2.45, 2.75) is 76.4 Å². The molecule has 1 N–H and O–H groups in total. The summed E-state index contributed by atoms with van der Waals surface area (Å²) in [5.41, 5.74) is -0.995. The molecule has 5 atom stereocenters. The Bertz CT molecular complexity index is 1410. The molecule has 0 bridgehead atoms. The van der Waals surface area contributed by atoms with Gasteiger partial charge >= 0.3 is 18.0 Å². The number of fused-ring (bicyclic) bond motifs is 1. The second-order valence-corrected chi connectivity index (χ2v) is 11.8. The van der Waals surface area contributed by atoms with E-state index in [1.807, 2.05) is 0 Å². The van der Waals surface area contributed by atoms with Gasteiger partial charge in [0.2, 0.25) is 11.8 Å². The average molecular weight is 617 g/mol. The fraction of sp³-hybridized carbons (Fsp3) is 0.516. The van der Waals surface area contributed by atoms with Gasteiger partial charge in [0.15, 0.2) is 5.69 Å². The molecule has 1 aromatic heterocycles. The molecule has 1 saturated heterocycles. The highest BCUT2D eigenvalue weighted by Gasteiger charge is 2.47. The second-order valence-electron chi connectivity index (χ2n) is 11.8. The number of hydrogen-bond acceptors (Lipinski definition) is 9. The van der Waals surface area contributed by atoms with Crippen LogP contribution in [0.15, 0.2) is 49.6 Å². The molecule has 13 heteroatoms. The van der Waals surface area contributed by atoms with E-state index >= 15 is 0 Å². The first-order valence-corrected chi connectivity index (χ1v) is 14.3. The number of nitrogens with zero attached hydrogens (tertiary/aromatic N) is 3. The molecular formula is C31H38F2N4O7. The summed E-state index contributed by atoms with van der Waals surface area (Å²) in [5.74, 6) is -5.33. The SMILES string of the molecule is C=CCOC1CCC1OC(=O)NC(C(=O)N1CC(Oc2nc3ccccc3nc2C(F)(F)C=C)CC1C(=O)OC)C(C)(C)C. The van der Waals surface area contributed by atoms with Crippen LogP contribution in [0.25, 0.3) is 11.0 Å². The Hall–Kier alpha value is -4.13. The van der Waals surface area contributed by atoms with Gasteiger partial charge in [-0.05, 0) is 36.5 Å². The molecule has 238 valence electrons. The van der Waals surface area contributed by atoms with E-state index < -0.39 is 65.2 Å². The number of aromatic nitrogens is 2. The van der Waals surface area contributed by atoms with Crippen molar-refractivity contribution in [3.8, 4) is 5.88 Å². The van der Waals surface area contributed by atoms with Gasteiger partial charge in [0.05, 0.1) is 37.4 Å². The fourth-order valence-electron chi connectivity index (χ4n) is 5.08. The minimum Gasteiger partial charge on any atom is -0.471 e. The van der Waals surface area contributed by atoms with Gasteiger partial charge in [0, 0.05) is 6.42 Å². The van der Waals surface area contributed by atoms with E-state index in [0.29, 0.717) is 24.6 Å². The molecule has 1 aliphatic heterocycles. The number of hydrogen-bond donors (Lipinski definition) is 1. The van der Waals surface area contributed by atoms with Gasteiger partial charge in [-0.15, -0.1) is 6.58 Å². The molecule has 5 unspecified atom stereocenters. The Morgan fingerprint density at radius 2 is 1.77 bits per heavy atom. The smallest absolute Gasteiger partial charge is 0.408 e. The molecule has 2 aromatic rings. The normalized spacial score (nSPS) is 22.5. The van der Waals surface area contributed by atoms with Gasteiger partial charge in [-0.3, -0.25) is 4.79 Å². The lowest BCUT2D eigenvalue weighted by Crippen LogP contribution is -2.58. The van der Waals surface area contributed by atoms with Crippen molar-refractivity contribution in [1.82, 2.24) is 20.2 Å². The average Bonchev–Trinajstić information content (AvgIpc) is 3.40. The molecule has 1 aliphatic carbocycles. The summed E-state index contributed by atoms with van der Waals surface area (Å²) >= 11 is 0. The molecule has 1 aromatic carbocycles. The van der Waals surface area contributed by atoms with Crippen LogP contribution in [0.2, 0.25) is 0 Å². The Balaban J connectivity index is 1.56. The van der Waals surface area contributed by atoms with Crippen molar-refractivity contribution in [3.05, 3.63) is 55.3 Å². The van der Waals surface area contributed by atoms with E-state index in [4.69, 9.17) is 18.9 Å². The van der Waals surface area contributed by atoms with E-state index in [1.165, 1.54) is 12.0 Å². The van der Waals surface area contributed by atoms with Crippen molar-refractivity contribution < 1.29 is 42.1 Å². The Morgan fingerprint density at radius 1 is 1.11 bits per heavy atom. The number of benzene rings is 1. The molecule has 2 fully saturated rings. The van der Waals surface area contributed by atoms with Crippen molar-refractivity contribution in [2.75, 3.05) is 20.3 Å². The van der Waals surface area contributed by atoms with Crippen LogP contribution in [0, 0.1) is 5.41 Å². The summed E-state index contributed by atoms with van der Waals surface area (Å²) < 4.78 is 51.8. The van der Waals surface area contributed by atoms with E-state index in [0.717, 1.165) is 6.42 Å². The van der Waals surface area contributed by atoms with Gasteiger partial charge in [-0.2, -0.15) is 8.78 Å². The Labute approximate surface area is 254 Å². The van der Waals surface area contributed by atoms with Crippen LogP contribution in [0.1, 0.15) is 45.7 Å². The number of allylic oxidation sites excluding steroid dienone is 1. The van der Waals surface area contributed by atoms with E-state index in [1.54, 1.807) is 51.1 Å². The van der Waals surface area contributed by atoms with E-state index in [-0.39, 0.29) is 24.6 Å². The number of para-hydroxylation sites is 2. The zero-order valence-electron chi connectivity index (χ0n) is 25.3. The number of amides is 2. The van der Waals surface area contributed by atoms with Crippen molar-refractivity contribution in [1.29, 1.82) is 0 Å². The molecule has 4 rings (SSSR count). The first kappa shape index (κ1) is 32.8. The first-order chi connectivity index (χ1) is 20.8. The second kappa shape index (κ2) is 13.2. The predicted octanol–water partition coefficient (Wildman–Crippen LogP) is 4.30. The number of rotatable bonds is 11. The number of esters is 1. The molecule has 0 radical (unpaired) electrons. The fourth-order valence-corrected chi connectivity index (χ4v) is 5.08. The molecular weight excluding hydrogens is 578 g/mol. The third-order valence-corrected chi connectivity index (χ3v) is 7.62. The number of nitrogens with one attached hydrogen (secondary N) is 1. The van der Waals surface area contributed by atoms with Crippen LogP contribution in [-0.2, 0) is 29.7 Å². The summed E-state index contributed by atoms with van der Waals surface area (Å²) in [7, 11) is 1.18. The minimum atomic E-state index is -3.57. The lowest BCUT2D eigenvalue weighted by atomic mass is 9.85. The molecule has 2 aliphatic rings. The standard InChI is InChI=1S/C31H38F2N4O7/c1-7-15-42-22-13-14-23(22)44-29(40)36-25(30(3,4)5)27(38)37-17-18(16-21(37)28(39)41-6)43-26-24(31(32,33)8-2)34-19-11-9-10-12-20(19)35-26/h7-12,18,21-23,25H,1-2,13-17H2,3-6H3,(H,36,40). The number of alkyl halides is 2. The van der Waals surface area contributed by atoms with Crippen LogP contribution >= 0.6 is 0 Å². The quantitative estimate of drug-likeness (QED) is 0.290. The zero-order chi connectivity index (χ0) is 32.2. The number of likely N-dealkylation sites (tertiary alicyclic amines) is 1. The summed E-state index contributed by atoms with van der Waals surface area (Å²) in [6.45, 7) is 12.2. The van der Waals surface area contributed by atoms with Gasteiger partial charge in [-0.25, -0.2) is 19.6 Å². The van der Waals surface area contributed by atoms with Crippen molar-refractivity contribution >= 4 is 29.0 Å². The highest BCUT2D eigenvalue weighted by atomic mass is 19.3. The number of alkyl carbamates (subject to hydrolysis) is 1. The lowest BCUT2D eigenvalue weighted by Gasteiger charge is -2.37. The monoisotopic (exact) mass is 616 g/mol. The van der Waals surface area contributed by atoms with Gasteiger partial charge < -0.3 is 29.2 Å². The van der Waals surface area contributed by atoms with Crippen molar-refractivity contribution in [2.24, 2.45) is 5.41 Å². The number of methoxy groups -OCH3 is 1. The first-order valence-electron chi connectivity index (χ1n) is 14.3. The number of carbonyl (C=O) groups excluding carboxylic acids is 3. The van der Waals surface area contributed by atoms with Gasteiger partial charge in [-0.1, -0.05) is 45.6 Å². The highest BCUT2D eigenvalue weighted by molar-refractivity contribution is 5.91. The van der Waals surface area contributed by atoms with Crippen molar-refractivity contribution in [3.63, 3.8) is 0 Å². The maximum absolute atomic E-state index is 14.9. The maximum atomic E-state index is 14.9. The number of halogens is 2. The third-order valence-electron chi connectivity index (χ3n) is 7.62. The Morgan fingerprint density at radius 3 is 2.34 bits per heavy atom. The Kier molecular flexibility index (Phi) is 9.87. The summed E-state index contributed by atoms with van der Waals surface area (Å²) in [6.07, 6.45) is 0.849. The van der Waals surface area contributed by atoms with Crippen LogP contribution in [0.4, 0.5) is 13.6 Å². The topological polar surface area (TPSA) is 129 Å². The molecule has 11 nitrogen and oxygen atoms in total. The molecule has 44 heavy (non-hydrogen) atoms.